The third-order valence-electron chi connectivity index (χ3n) is 15.6. The number of benzene rings is 4. The highest BCUT2D eigenvalue weighted by molar-refractivity contribution is 5.91. The minimum Gasteiger partial charge on any atom is -0.481 e. The number of hydrogen-bond donors (Lipinski definition) is 8. The van der Waals surface area contributed by atoms with Gasteiger partial charge in [-0.25, -0.2) is 4.79 Å². The second-order valence-corrected chi connectivity index (χ2v) is 21.8. The number of nitrogens with one attached hydrogen (secondary N) is 6. The quantitative estimate of drug-likeness (QED) is 0.0458. The SMILES string of the molecule is O=C(O)CC(Cc1ccccc1)NC(=O)CC(Cc1ccc(-c2cccc(CC(CC(=O)N3CCCCC3C(=O)O)NC(=O)CC(Cc3ccccc3)NC(=O)C3CCCN3)c2)cc1)NC(=O)C1CCCN1C(=O)C1CCCN1. The van der Waals surface area contributed by atoms with Gasteiger partial charge in [-0.15, -0.1) is 0 Å². The molecule has 0 aromatic heterocycles. The zero-order valence-corrected chi connectivity index (χ0v) is 44.9. The van der Waals surface area contributed by atoms with Gasteiger partial charge in [0.25, 0.3) is 0 Å². The molecule has 4 heterocycles. The standard InChI is InChI=1S/C61H76N8O10/c70-54(36-46(32-40-13-3-1-4-14-40)66-58(75)50-19-10-27-62-50)64-48(38-56(72)68-29-8-7-21-53(68)61(78)79)35-43-17-9-18-45(31-43)44-25-23-42(24-26-44)34-47(37-55(71)65-49(39-57(73)74)33-41-15-5-2-6-16-41)67-59(76)52-22-12-30-69(52)60(77)51-20-11-28-63-51/h1-6,9,13-18,23-26,31,46-53,62-63H,7-8,10-12,19-22,27-30,32-39H2,(H,64,70)(H,65,71)(H,66,75)(H,67,76)(H,73,74)(H,78,79). The summed E-state index contributed by atoms with van der Waals surface area (Å²) in [7, 11) is 0. The number of rotatable bonds is 25. The van der Waals surface area contributed by atoms with Crippen molar-refractivity contribution in [1.82, 2.24) is 41.7 Å². The number of hydrogen-bond acceptors (Lipinski definition) is 10. The summed E-state index contributed by atoms with van der Waals surface area (Å²) in [5.41, 5.74) is 5.17. The molecule has 18 heteroatoms. The van der Waals surface area contributed by atoms with Gasteiger partial charge in [0.2, 0.25) is 35.4 Å². The lowest BCUT2D eigenvalue weighted by Crippen LogP contribution is -2.53. The van der Waals surface area contributed by atoms with Crippen molar-refractivity contribution in [2.24, 2.45) is 0 Å². The van der Waals surface area contributed by atoms with Crippen molar-refractivity contribution in [3.63, 3.8) is 0 Å². The van der Waals surface area contributed by atoms with Crippen LogP contribution in [0.5, 0.6) is 0 Å². The van der Waals surface area contributed by atoms with Gasteiger partial charge in [-0.1, -0.05) is 109 Å². The average Bonchev–Trinajstić information content (AvgIpc) is 4.33. The van der Waals surface area contributed by atoms with E-state index >= 15 is 0 Å². The summed E-state index contributed by atoms with van der Waals surface area (Å²) in [5.74, 6) is -3.84. The Hall–Kier alpha value is -7.44. The number of nitrogens with zero attached hydrogens (tertiary/aromatic N) is 2. The van der Waals surface area contributed by atoms with Gasteiger partial charge in [0, 0.05) is 56.5 Å². The molecule has 8 rings (SSSR count). The highest BCUT2D eigenvalue weighted by Crippen LogP contribution is 2.26. The molecule has 4 aromatic carbocycles. The number of likely N-dealkylation sites (tertiary alicyclic amines) is 2. The molecule has 0 bridgehead atoms. The van der Waals surface area contributed by atoms with Crippen molar-refractivity contribution in [2.45, 2.75) is 157 Å². The molecule has 6 amide bonds. The molecule has 4 fully saturated rings. The van der Waals surface area contributed by atoms with Crippen molar-refractivity contribution in [3.8, 4) is 11.1 Å². The van der Waals surface area contributed by atoms with Crippen molar-refractivity contribution >= 4 is 47.4 Å². The molecule has 79 heavy (non-hydrogen) atoms. The molecule has 8 unspecified atom stereocenters. The predicted octanol–water partition coefficient (Wildman–Crippen LogP) is 4.47. The van der Waals surface area contributed by atoms with E-state index in [2.05, 4.69) is 31.9 Å². The molecule has 0 saturated carbocycles. The Bertz CT molecular complexity index is 2730. The Labute approximate surface area is 462 Å². The van der Waals surface area contributed by atoms with Gasteiger partial charge in [-0.3, -0.25) is 33.6 Å². The highest BCUT2D eigenvalue weighted by atomic mass is 16.4. The van der Waals surface area contributed by atoms with Gasteiger partial charge in [0.15, 0.2) is 0 Å². The van der Waals surface area contributed by atoms with E-state index < -0.39 is 54.1 Å². The predicted molar refractivity (Wildman–Crippen MR) is 297 cm³/mol. The number of piperidine rings is 1. The molecule has 8 N–H and O–H groups in total. The second kappa shape index (κ2) is 28.4. The second-order valence-electron chi connectivity index (χ2n) is 21.8. The molecule has 8 atom stereocenters. The lowest BCUT2D eigenvalue weighted by Gasteiger charge is -2.34. The van der Waals surface area contributed by atoms with Crippen molar-refractivity contribution in [2.75, 3.05) is 26.2 Å². The van der Waals surface area contributed by atoms with E-state index in [-0.39, 0.29) is 80.1 Å². The van der Waals surface area contributed by atoms with Crippen LogP contribution >= 0.6 is 0 Å². The summed E-state index contributed by atoms with van der Waals surface area (Å²) in [4.78, 5) is 110. The topological polar surface area (TPSA) is 256 Å². The van der Waals surface area contributed by atoms with E-state index in [1.165, 1.54) is 4.90 Å². The summed E-state index contributed by atoms with van der Waals surface area (Å²) in [6.45, 7) is 2.26. The van der Waals surface area contributed by atoms with Crippen molar-refractivity contribution in [3.05, 3.63) is 131 Å². The molecule has 0 radical (unpaired) electrons. The zero-order chi connectivity index (χ0) is 55.7. The maximum atomic E-state index is 14.1. The summed E-state index contributed by atoms with van der Waals surface area (Å²) in [5, 5.41) is 38.5. The van der Waals surface area contributed by atoms with Gasteiger partial charge in [0.05, 0.1) is 18.5 Å². The van der Waals surface area contributed by atoms with Crippen LogP contribution in [0.3, 0.4) is 0 Å². The Balaban J connectivity index is 0.980. The lowest BCUT2D eigenvalue weighted by atomic mass is 9.95. The fourth-order valence-corrected chi connectivity index (χ4v) is 11.7. The number of carbonyl (C=O) groups excluding carboxylic acids is 6. The number of carbonyl (C=O) groups is 8. The largest absolute Gasteiger partial charge is 0.481 e. The van der Waals surface area contributed by atoms with Crippen LogP contribution in [0.25, 0.3) is 11.1 Å². The monoisotopic (exact) mass is 1080 g/mol. The average molecular weight is 1080 g/mol. The van der Waals surface area contributed by atoms with E-state index in [0.29, 0.717) is 70.9 Å². The van der Waals surface area contributed by atoms with Crippen LogP contribution in [-0.2, 0) is 64.0 Å². The highest BCUT2D eigenvalue weighted by Gasteiger charge is 2.39. The van der Waals surface area contributed by atoms with Gasteiger partial charge >= 0.3 is 11.9 Å². The number of aliphatic carboxylic acids is 2. The molecule has 4 saturated heterocycles. The summed E-state index contributed by atoms with van der Waals surface area (Å²) in [6.07, 6.45) is 6.70. The Morgan fingerprint density at radius 2 is 0.987 bits per heavy atom. The summed E-state index contributed by atoms with van der Waals surface area (Å²) >= 11 is 0. The van der Waals surface area contributed by atoms with Crippen LogP contribution in [0.15, 0.2) is 109 Å². The molecule has 4 aliphatic rings. The van der Waals surface area contributed by atoms with Crippen LogP contribution in [0.4, 0.5) is 0 Å². The fourth-order valence-electron chi connectivity index (χ4n) is 11.7. The minimum atomic E-state index is -1.06. The molecule has 0 spiro atoms. The summed E-state index contributed by atoms with van der Waals surface area (Å²) < 4.78 is 0. The van der Waals surface area contributed by atoms with Crippen LogP contribution in [0.1, 0.15) is 106 Å². The fraction of sp³-hybridized carbons (Fsp3) is 0.475. The van der Waals surface area contributed by atoms with Gasteiger partial charge in [0.1, 0.15) is 12.1 Å². The molecule has 0 aliphatic carbocycles. The normalized spacial score (nSPS) is 20.6. The Morgan fingerprint density at radius 3 is 1.57 bits per heavy atom. The lowest BCUT2D eigenvalue weighted by molar-refractivity contribution is -0.152. The number of carboxylic acid groups (broad SMARTS) is 2. The third kappa shape index (κ3) is 17.0. The smallest absolute Gasteiger partial charge is 0.326 e. The van der Waals surface area contributed by atoms with Crippen LogP contribution in [0, 0.1) is 0 Å². The third-order valence-corrected chi connectivity index (χ3v) is 15.6. The van der Waals surface area contributed by atoms with Gasteiger partial charge in [-0.05, 0) is 130 Å². The molecule has 4 aliphatic heterocycles. The zero-order valence-electron chi connectivity index (χ0n) is 44.9. The maximum Gasteiger partial charge on any atom is 0.326 e. The van der Waals surface area contributed by atoms with E-state index in [9.17, 15) is 48.6 Å². The summed E-state index contributed by atoms with van der Waals surface area (Å²) in [6, 6.07) is 29.5. The Kier molecular flexibility index (Phi) is 20.8. The van der Waals surface area contributed by atoms with E-state index in [0.717, 1.165) is 59.3 Å². The van der Waals surface area contributed by atoms with E-state index in [1.54, 1.807) is 4.90 Å². The van der Waals surface area contributed by atoms with Crippen LogP contribution in [-0.4, -0.2) is 142 Å². The van der Waals surface area contributed by atoms with Crippen molar-refractivity contribution < 1.29 is 48.6 Å². The molecule has 420 valence electrons. The molecular formula is C61H76N8O10. The van der Waals surface area contributed by atoms with Gasteiger partial charge < -0.3 is 51.9 Å². The first-order valence-corrected chi connectivity index (χ1v) is 28.2. The number of amides is 6. The van der Waals surface area contributed by atoms with E-state index in [4.69, 9.17) is 0 Å². The van der Waals surface area contributed by atoms with E-state index in [1.807, 2.05) is 109 Å². The van der Waals surface area contributed by atoms with Crippen molar-refractivity contribution in [1.29, 1.82) is 0 Å². The first-order valence-electron chi connectivity index (χ1n) is 28.2. The van der Waals surface area contributed by atoms with Crippen LogP contribution in [0.2, 0.25) is 0 Å². The maximum absolute atomic E-state index is 14.1. The first-order chi connectivity index (χ1) is 38.2. The number of carboxylic acids is 2. The van der Waals surface area contributed by atoms with Crippen LogP contribution < -0.4 is 31.9 Å². The molecule has 4 aromatic rings. The van der Waals surface area contributed by atoms with Gasteiger partial charge in [-0.2, -0.15) is 0 Å². The Morgan fingerprint density at radius 1 is 0.468 bits per heavy atom. The minimum absolute atomic E-state index is 0.0442. The molecular weight excluding hydrogens is 1000 g/mol. The first kappa shape index (κ1) is 57.7. The molecule has 18 nitrogen and oxygen atoms in total.